The van der Waals surface area contributed by atoms with Gasteiger partial charge in [0, 0.05) is 17.3 Å². The zero-order valence-corrected chi connectivity index (χ0v) is 12.1. The summed E-state index contributed by atoms with van der Waals surface area (Å²) in [7, 11) is 0. The maximum atomic E-state index is 13.3. The van der Waals surface area contributed by atoms with Crippen LogP contribution in [0, 0.1) is 5.82 Å². The standard InChI is InChI=1S/C16H18ClFN2/c1-2-11-3-5-12(6-4-11)16(10-19)20-15-8-13(17)7-14(18)9-15/h3-9,16,20H,2,10,19H2,1H3. The Morgan fingerprint density at radius 3 is 2.45 bits per heavy atom. The fraction of sp³-hybridized carbons (Fsp3) is 0.250. The molecule has 0 saturated heterocycles. The van der Waals surface area contributed by atoms with E-state index in [2.05, 4.69) is 24.4 Å². The Balaban J connectivity index is 2.19. The molecule has 0 heterocycles. The predicted octanol–water partition coefficient (Wildman–Crippen LogP) is 4.15. The summed E-state index contributed by atoms with van der Waals surface area (Å²) >= 11 is 5.85. The fourth-order valence-electron chi connectivity index (χ4n) is 2.10. The molecule has 4 heteroatoms. The van der Waals surface area contributed by atoms with E-state index in [1.807, 2.05) is 12.1 Å². The first kappa shape index (κ1) is 14.8. The molecule has 0 saturated carbocycles. The molecule has 0 aliphatic carbocycles. The molecule has 2 nitrogen and oxygen atoms in total. The van der Waals surface area contributed by atoms with Crippen molar-refractivity contribution in [3.8, 4) is 0 Å². The van der Waals surface area contributed by atoms with E-state index in [0.717, 1.165) is 12.0 Å². The molecule has 2 aromatic rings. The van der Waals surface area contributed by atoms with E-state index in [1.165, 1.54) is 17.7 Å². The Kier molecular flexibility index (Phi) is 4.99. The van der Waals surface area contributed by atoms with Crippen molar-refractivity contribution in [1.29, 1.82) is 0 Å². The van der Waals surface area contributed by atoms with Crippen LogP contribution >= 0.6 is 11.6 Å². The second kappa shape index (κ2) is 6.73. The van der Waals surface area contributed by atoms with Crippen molar-refractivity contribution in [2.24, 2.45) is 5.73 Å². The largest absolute Gasteiger partial charge is 0.377 e. The van der Waals surface area contributed by atoms with Gasteiger partial charge in [0.2, 0.25) is 0 Å². The van der Waals surface area contributed by atoms with Gasteiger partial charge in [-0.2, -0.15) is 0 Å². The second-order valence-electron chi connectivity index (χ2n) is 4.69. The molecule has 0 aliphatic heterocycles. The molecule has 2 rings (SSSR count). The molecule has 0 fully saturated rings. The number of hydrogen-bond donors (Lipinski definition) is 2. The molecule has 0 spiro atoms. The van der Waals surface area contributed by atoms with Crippen molar-refractivity contribution < 1.29 is 4.39 Å². The third kappa shape index (κ3) is 3.71. The van der Waals surface area contributed by atoms with Crippen molar-refractivity contribution in [2.75, 3.05) is 11.9 Å². The summed E-state index contributed by atoms with van der Waals surface area (Å²) in [6, 6.07) is 12.6. The minimum atomic E-state index is -0.364. The lowest BCUT2D eigenvalue weighted by Crippen LogP contribution is -2.20. The number of benzene rings is 2. The lowest BCUT2D eigenvalue weighted by Gasteiger charge is -2.19. The van der Waals surface area contributed by atoms with Crippen molar-refractivity contribution in [3.63, 3.8) is 0 Å². The Morgan fingerprint density at radius 2 is 1.90 bits per heavy atom. The summed E-state index contributed by atoms with van der Waals surface area (Å²) in [5, 5.41) is 3.58. The summed E-state index contributed by atoms with van der Waals surface area (Å²) in [5.41, 5.74) is 8.79. The van der Waals surface area contributed by atoms with Crippen LogP contribution in [-0.4, -0.2) is 6.54 Å². The SMILES string of the molecule is CCc1ccc(C(CN)Nc2cc(F)cc(Cl)c2)cc1. The molecule has 0 aromatic heterocycles. The number of nitrogens with one attached hydrogen (secondary N) is 1. The summed E-state index contributed by atoms with van der Waals surface area (Å²) in [6.45, 7) is 2.53. The van der Waals surface area contributed by atoms with Crippen molar-refractivity contribution >= 4 is 17.3 Å². The summed E-state index contributed by atoms with van der Waals surface area (Å²) in [4.78, 5) is 0. The molecule has 1 unspecified atom stereocenters. The zero-order valence-electron chi connectivity index (χ0n) is 11.4. The van der Waals surface area contributed by atoms with Crippen LogP contribution in [0.25, 0.3) is 0 Å². The van der Waals surface area contributed by atoms with Crippen LogP contribution in [0.2, 0.25) is 5.02 Å². The first-order valence-electron chi connectivity index (χ1n) is 6.64. The quantitative estimate of drug-likeness (QED) is 0.868. The number of aryl methyl sites for hydroxylation is 1. The number of anilines is 1. The van der Waals surface area contributed by atoms with Gasteiger partial charge < -0.3 is 11.1 Å². The van der Waals surface area contributed by atoms with Gasteiger partial charge in [-0.25, -0.2) is 4.39 Å². The average molecular weight is 293 g/mol. The van der Waals surface area contributed by atoms with Gasteiger partial charge in [0.05, 0.1) is 6.04 Å². The van der Waals surface area contributed by atoms with E-state index in [-0.39, 0.29) is 11.9 Å². The molecule has 2 aromatic carbocycles. The highest BCUT2D eigenvalue weighted by molar-refractivity contribution is 6.30. The average Bonchev–Trinajstić information content (AvgIpc) is 2.44. The predicted molar refractivity (Wildman–Crippen MR) is 82.6 cm³/mol. The molecule has 3 N–H and O–H groups in total. The van der Waals surface area contributed by atoms with Crippen LogP contribution in [0.5, 0.6) is 0 Å². The molecular weight excluding hydrogens is 275 g/mol. The van der Waals surface area contributed by atoms with Crippen molar-refractivity contribution in [2.45, 2.75) is 19.4 Å². The lowest BCUT2D eigenvalue weighted by molar-refractivity contribution is 0.627. The van der Waals surface area contributed by atoms with Crippen LogP contribution in [-0.2, 0) is 6.42 Å². The highest BCUT2D eigenvalue weighted by atomic mass is 35.5. The van der Waals surface area contributed by atoms with Crippen LogP contribution < -0.4 is 11.1 Å². The number of hydrogen-bond acceptors (Lipinski definition) is 2. The third-order valence-electron chi connectivity index (χ3n) is 3.23. The smallest absolute Gasteiger partial charge is 0.126 e. The minimum Gasteiger partial charge on any atom is -0.377 e. The van der Waals surface area contributed by atoms with Gasteiger partial charge in [-0.15, -0.1) is 0 Å². The van der Waals surface area contributed by atoms with E-state index < -0.39 is 0 Å². The molecule has 1 atom stereocenters. The second-order valence-corrected chi connectivity index (χ2v) is 5.12. The van der Waals surface area contributed by atoms with Crippen LogP contribution in [0.1, 0.15) is 24.1 Å². The molecule has 106 valence electrons. The zero-order chi connectivity index (χ0) is 14.5. The van der Waals surface area contributed by atoms with E-state index in [1.54, 1.807) is 6.07 Å². The topological polar surface area (TPSA) is 38.0 Å². The molecule has 20 heavy (non-hydrogen) atoms. The summed E-state index contributed by atoms with van der Waals surface area (Å²) in [6.07, 6.45) is 1.00. The normalized spacial score (nSPS) is 12.2. The lowest BCUT2D eigenvalue weighted by atomic mass is 10.0. The molecule has 0 aliphatic rings. The first-order valence-corrected chi connectivity index (χ1v) is 7.01. The first-order chi connectivity index (χ1) is 9.62. The Bertz CT molecular complexity index is 549. The van der Waals surface area contributed by atoms with Gasteiger partial charge in [0.25, 0.3) is 0 Å². The van der Waals surface area contributed by atoms with Crippen LogP contribution in [0.4, 0.5) is 10.1 Å². The van der Waals surface area contributed by atoms with E-state index in [4.69, 9.17) is 17.3 Å². The molecule has 0 amide bonds. The van der Waals surface area contributed by atoms with Gasteiger partial charge in [0.15, 0.2) is 0 Å². The number of rotatable bonds is 5. The minimum absolute atomic E-state index is 0.0706. The van der Waals surface area contributed by atoms with Crippen LogP contribution in [0.15, 0.2) is 42.5 Å². The van der Waals surface area contributed by atoms with E-state index in [0.29, 0.717) is 17.3 Å². The van der Waals surface area contributed by atoms with Crippen molar-refractivity contribution in [1.82, 2.24) is 0 Å². The summed E-state index contributed by atoms with van der Waals surface area (Å²) < 4.78 is 13.3. The maximum Gasteiger partial charge on any atom is 0.126 e. The number of nitrogens with two attached hydrogens (primary N) is 1. The third-order valence-corrected chi connectivity index (χ3v) is 3.45. The number of halogens is 2. The Morgan fingerprint density at radius 1 is 1.20 bits per heavy atom. The molecule has 0 radical (unpaired) electrons. The van der Waals surface area contributed by atoms with Gasteiger partial charge in [0.1, 0.15) is 5.82 Å². The summed E-state index contributed by atoms with van der Waals surface area (Å²) in [5.74, 6) is -0.364. The van der Waals surface area contributed by atoms with E-state index in [9.17, 15) is 4.39 Å². The monoisotopic (exact) mass is 292 g/mol. The van der Waals surface area contributed by atoms with Gasteiger partial charge >= 0.3 is 0 Å². The van der Waals surface area contributed by atoms with E-state index >= 15 is 0 Å². The fourth-order valence-corrected chi connectivity index (χ4v) is 2.32. The highest BCUT2D eigenvalue weighted by Crippen LogP contribution is 2.23. The van der Waals surface area contributed by atoms with Gasteiger partial charge in [-0.1, -0.05) is 42.8 Å². The van der Waals surface area contributed by atoms with Gasteiger partial charge in [-0.05, 0) is 35.7 Å². The molecule has 0 bridgehead atoms. The highest BCUT2D eigenvalue weighted by Gasteiger charge is 2.10. The Labute approximate surface area is 123 Å². The maximum absolute atomic E-state index is 13.3. The molecular formula is C16H18ClFN2. The Hall–Kier alpha value is -1.58. The van der Waals surface area contributed by atoms with Crippen LogP contribution in [0.3, 0.4) is 0 Å². The van der Waals surface area contributed by atoms with Gasteiger partial charge in [-0.3, -0.25) is 0 Å². The van der Waals surface area contributed by atoms with Crippen molar-refractivity contribution in [3.05, 3.63) is 64.4 Å².